The van der Waals surface area contributed by atoms with Gasteiger partial charge in [0.1, 0.15) is 11.5 Å². The van der Waals surface area contributed by atoms with Crippen LogP contribution in [0.25, 0.3) is 0 Å². The number of aryl methyl sites for hydroxylation is 1. The minimum absolute atomic E-state index is 0.0587. The van der Waals surface area contributed by atoms with Gasteiger partial charge in [-0.2, -0.15) is 5.10 Å². The maximum atomic E-state index is 12.6. The SMILES string of the molecule is COCCn1ccnc1CN1CCCN(C(=O)c2ccnn2C)CC1. The lowest BCUT2D eigenvalue weighted by atomic mass is 10.3. The second-order valence-electron chi connectivity index (χ2n) is 6.29. The van der Waals surface area contributed by atoms with E-state index in [2.05, 4.69) is 19.5 Å². The highest BCUT2D eigenvalue weighted by Crippen LogP contribution is 2.11. The topological polar surface area (TPSA) is 68.4 Å². The fraction of sp³-hybridized carbons (Fsp3) is 0.588. The van der Waals surface area contributed by atoms with E-state index in [0.717, 1.165) is 51.5 Å². The lowest BCUT2D eigenvalue weighted by Gasteiger charge is -2.22. The van der Waals surface area contributed by atoms with Crippen LogP contribution in [0.15, 0.2) is 24.7 Å². The van der Waals surface area contributed by atoms with Crippen molar-refractivity contribution in [2.75, 3.05) is 39.9 Å². The van der Waals surface area contributed by atoms with E-state index in [0.29, 0.717) is 12.3 Å². The Morgan fingerprint density at radius 2 is 2.12 bits per heavy atom. The summed E-state index contributed by atoms with van der Waals surface area (Å²) in [6.07, 6.45) is 6.45. The van der Waals surface area contributed by atoms with Crippen molar-refractivity contribution in [2.24, 2.45) is 7.05 Å². The Labute approximate surface area is 148 Å². The highest BCUT2D eigenvalue weighted by atomic mass is 16.5. The number of methoxy groups -OCH3 is 1. The monoisotopic (exact) mass is 346 g/mol. The van der Waals surface area contributed by atoms with Crippen LogP contribution < -0.4 is 0 Å². The van der Waals surface area contributed by atoms with Crippen LogP contribution >= 0.6 is 0 Å². The zero-order chi connectivity index (χ0) is 17.6. The first-order valence-electron chi connectivity index (χ1n) is 8.67. The molecule has 8 nitrogen and oxygen atoms in total. The average molecular weight is 346 g/mol. The predicted octanol–water partition coefficient (Wildman–Crippen LogP) is 0.611. The van der Waals surface area contributed by atoms with Crippen LogP contribution in [0.3, 0.4) is 0 Å². The third kappa shape index (κ3) is 4.26. The molecule has 0 atom stereocenters. The molecule has 0 saturated carbocycles. The van der Waals surface area contributed by atoms with Crippen LogP contribution in [0.5, 0.6) is 0 Å². The molecule has 0 radical (unpaired) electrons. The van der Waals surface area contributed by atoms with Gasteiger partial charge in [0.05, 0.1) is 13.2 Å². The zero-order valence-corrected chi connectivity index (χ0v) is 15.0. The van der Waals surface area contributed by atoms with Gasteiger partial charge in [0.25, 0.3) is 5.91 Å². The maximum absolute atomic E-state index is 12.6. The molecular weight excluding hydrogens is 320 g/mol. The van der Waals surface area contributed by atoms with Gasteiger partial charge in [-0.25, -0.2) is 4.98 Å². The second kappa shape index (κ2) is 8.26. The molecule has 1 amide bonds. The molecule has 2 aromatic heterocycles. The van der Waals surface area contributed by atoms with Crippen LogP contribution in [-0.2, 0) is 24.9 Å². The van der Waals surface area contributed by atoms with Crippen LogP contribution in [0.2, 0.25) is 0 Å². The molecule has 1 fully saturated rings. The summed E-state index contributed by atoms with van der Waals surface area (Å²) in [5.41, 5.74) is 0.642. The Morgan fingerprint density at radius 3 is 2.88 bits per heavy atom. The number of nitrogens with zero attached hydrogens (tertiary/aromatic N) is 6. The molecule has 25 heavy (non-hydrogen) atoms. The summed E-state index contributed by atoms with van der Waals surface area (Å²) in [5.74, 6) is 1.10. The van der Waals surface area contributed by atoms with Crippen LogP contribution in [-0.4, -0.2) is 74.9 Å². The fourth-order valence-electron chi connectivity index (χ4n) is 3.16. The zero-order valence-electron chi connectivity index (χ0n) is 15.0. The number of imidazole rings is 1. The first kappa shape index (κ1) is 17.6. The first-order valence-corrected chi connectivity index (χ1v) is 8.67. The average Bonchev–Trinajstić information content (AvgIpc) is 3.16. The van der Waals surface area contributed by atoms with Crippen LogP contribution in [0.4, 0.5) is 0 Å². The summed E-state index contributed by atoms with van der Waals surface area (Å²) in [4.78, 5) is 21.4. The molecule has 3 heterocycles. The van der Waals surface area contributed by atoms with Crippen molar-refractivity contribution < 1.29 is 9.53 Å². The number of aromatic nitrogens is 4. The highest BCUT2D eigenvalue weighted by Gasteiger charge is 2.22. The van der Waals surface area contributed by atoms with Gasteiger partial charge in [-0.05, 0) is 12.5 Å². The van der Waals surface area contributed by atoms with Crippen LogP contribution in [0.1, 0.15) is 22.7 Å². The number of rotatable bonds is 6. The van der Waals surface area contributed by atoms with Gasteiger partial charge in [0.15, 0.2) is 0 Å². The molecule has 0 bridgehead atoms. The van der Waals surface area contributed by atoms with Gasteiger partial charge in [0, 0.05) is 65.5 Å². The Kier molecular flexibility index (Phi) is 5.83. The van der Waals surface area contributed by atoms with E-state index < -0.39 is 0 Å². The molecule has 0 spiro atoms. The standard InChI is InChI=1S/C17H26N6O2/c1-20-15(4-5-19-20)17(24)23-8-3-7-21(10-11-23)14-16-18-6-9-22(16)12-13-25-2/h4-6,9H,3,7-8,10-14H2,1-2H3. The Bertz CT molecular complexity index is 695. The van der Waals surface area contributed by atoms with Crippen molar-refractivity contribution in [3.05, 3.63) is 36.2 Å². The van der Waals surface area contributed by atoms with E-state index in [9.17, 15) is 4.79 Å². The minimum Gasteiger partial charge on any atom is -0.383 e. The predicted molar refractivity (Wildman–Crippen MR) is 93.1 cm³/mol. The number of carbonyl (C=O) groups is 1. The number of carbonyl (C=O) groups excluding carboxylic acids is 1. The Balaban J connectivity index is 1.58. The molecule has 0 unspecified atom stereocenters. The molecule has 1 aliphatic rings. The Morgan fingerprint density at radius 1 is 1.24 bits per heavy atom. The van der Waals surface area contributed by atoms with Crippen molar-refractivity contribution in [2.45, 2.75) is 19.5 Å². The molecule has 1 aliphatic heterocycles. The largest absolute Gasteiger partial charge is 0.383 e. The third-order valence-corrected chi connectivity index (χ3v) is 4.62. The van der Waals surface area contributed by atoms with Gasteiger partial charge < -0.3 is 14.2 Å². The van der Waals surface area contributed by atoms with E-state index in [-0.39, 0.29) is 5.91 Å². The molecule has 1 saturated heterocycles. The molecule has 2 aromatic rings. The molecule has 8 heteroatoms. The van der Waals surface area contributed by atoms with E-state index in [1.54, 1.807) is 31.1 Å². The van der Waals surface area contributed by atoms with Gasteiger partial charge in [-0.15, -0.1) is 0 Å². The smallest absolute Gasteiger partial charge is 0.272 e. The first-order chi connectivity index (χ1) is 12.2. The van der Waals surface area contributed by atoms with Gasteiger partial charge >= 0.3 is 0 Å². The van der Waals surface area contributed by atoms with Crippen LogP contribution in [0, 0.1) is 0 Å². The van der Waals surface area contributed by atoms with Gasteiger partial charge in [0.2, 0.25) is 0 Å². The van der Waals surface area contributed by atoms with Crippen molar-refractivity contribution in [1.29, 1.82) is 0 Å². The summed E-state index contributed by atoms with van der Waals surface area (Å²) in [6, 6.07) is 1.78. The second-order valence-corrected chi connectivity index (χ2v) is 6.29. The molecule has 0 aliphatic carbocycles. The van der Waals surface area contributed by atoms with Crippen molar-refractivity contribution in [3.8, 4) is 0 Å². The van der Waals surface area contributed by atoms with Crippen molar-refractivity contribution in [1.82, 2.24) is 29.1 Å². The normalized spacial score (nSPS) is 16.2. The highest BCUT2D eigenvalue weighted by molar-refractivity contribution is 5.92. The lowest BCUT2D eigenvalue weighted by molar-refractivity contribution is 0.0750. The summed E-state index contributed by atoms with van der Waals surface area (Å²) in [7, 11) is 3.51. The summed E-state index contributed by atoms with van der Waals surface area (Å²) >= 11 is 0. The quantitative estimate of drug-likeness (QED) is 0.767. The van der Waals surface area contributed by atoms with E-state index >= 15 is 0 Å². The number of hydrogen-bond acceptors (Lipinski definition) is 5. The summed E-state index contributed by atoms with van der Waals surface area (Å²) < 4.78 is 8.92. The molecule has 0 N–H and O–H groups in total. The van der Waals surface area contributed by atoms with E-state index in [4.69, 9.17) is 4.74 Å². The fourth-order valence-corrected chi connectivity index (χ4v) is 3.16. The number of amides is 1. The molecule has 3 rings (SSSR count). The molecule has 136 valence electrons. The van der Waals surface area contributed by atoms with E-state index in [1.807, 2.05) is 17.3 Å². The van der Waals surface area contributed by atoms with Crippen molar-refractivity contribution in [3.63, 3.8) is 0 Å². The van der Waals surface area contributed by atoms with Gasteiger partial charge in [-0.3, -0.25) is 14.4 Å². The van der Waals surface area contributed by atoms with Gasteiger partial charge in [-0.1, -0.05) is 0 Å². The number of ether oxygens (including phenoxy) is 1. The van der Waals surface area contributed by atoms with Crippen molar-refractivity contribution >= 4 is 5.91 Å². The van der Waals surface area contributed by atoms with E-state index in [1.165, 1.54) is 0 Å². The summed E-state index contributed by atoms with van der Waals surface area (Å²) in [5, 5.41) is 4.09. The molecule has 0 aromatic carbocycles. The summed E-state index contributed by atoms with van der Waals surface area (Å²) in [6.45, 7) is 5.60. The lowest BCUT2D eigenvalue weighted by Crippen LogP contribution is -2.36. The molecular formula is C17H26N6O2. The third-order valence-electron chi connectivity index (χ3n) is 4.62. The maximum Gasteiger partial charge on any atom is 0.272 e. The minimum atomic E-state index is 0.0587. The Hall–Kier alpha value is -2.19. The number of hydrogen-bond donors (Lipinski definition) is 0.